The lowest BCUT2D eigenvalue weighted by atomic mass is 9.82. The predicted molar refractivity (Wildman–Crippen MR) is 121 cm³/mol. The molecule has 0 N–H and O–H groups in total. The first-order chi connectivity index (χ1) is 15.6. The molecular formula is C23H21FN6OS. The number of thiazole rings is 1. The van der Waals surface area contributed by atoms with Gasteiger partial charge in [-0.25, -0.2) is 9.37 Å². The SMILES string of the molecule is Cc1ccc(-n2nccn2)c(C(=O)N2CC[C@H]3CN(c4nc5cc(F)ccc5s4)[C@H]3C2)c1. The van der Waals surface area contributed by atoms with Gasteiger partial charge in [0.15, 0.2) is 5.13 Å². The van der Waals surface area contributed by atoms with Crippen LogP contribution in [0.5, 0.6) is 0 Å². The number of likely N-dealkylation sites (tertiary alicyclic amines) is 1. The molecule has 0 aliphatic carbocycles. The Bertz CT molecular complexity index is 1320. The fourth-order valence-corrected chi connectivity index (χ4v) is 5.73. The summed E-state index contributed by atoms with van der Waals surface area (Å²) >= 11 is 1.58. The van der Waals surface area contributed by atoms with Crippen LogP contribution < -0.4 is 4.90 Å². The molecule has 2 aliphatic rings. The summed E-state index contributed by atoms with van der Waals surface area (Å²) in [5, 5.41) is 9.33. The third-order valence-electron chi connectivity index (χ3n) is 6.44. The maximum atomic E-state index is 13.6. The minimum atomic E-state index is -0.272. The van der Waals surface area contributed by atoms with Gasteiger partial charge in [-0.1, -0.05) is 23.0 Å². The number of carbonyl (C=O) groups is 1. The number of anilines is 1. The van der Waals surface area contributed by atoms with Gasteiger partial charge >= 0.3 is 0 Å². The van der Waals surface area contributed by atoms with E-state index in [0.29, 0.717) is 29.2 Å². The van der Waals surface area contributed by atoms with Gasteiger partial charge in [-0.3, -0.25) is 4.79 Å². The average Bonchev–Trinajstić information content (AvgIpc) is 3.44. The Hall–Kier alpha value is -3.33. The molecule has 6 rings (SSSR count). The highest BCUT2D eigenvalue weighted by molar-refractivity contribution is 7.22. The van der Waals surface area contributed by atoms with Crippen LogP contribution in [0.25, 0.3) is 15.9 Å². The van der Waals surface area contributed by atoms with E-state index in [1.165, 1.54) is 16.9 Å². The van der Waals surface area contributed by atoms with E-state index in [0.717, 1.165) is 34.9 Å². The minimum absolute atomic E-state index is 0.00216. The third kappa shape index (κ3) is 3.15. The molecule has 0 bridgehead atoms. The van der Waals surface area contributed by atoms with E-state index in [4.69, 9.17) is 0 Å². The van der Waals surface area contributed by atoms with E-state index in [9.17, 15) is 9.18 Å². The predicted octanol–water partition coefficient (Wildman–Crippen LogP) is 3.68. The highest BCUT2D eigenvalue weighted by Crippen LogP contribution is 2.40. The molecule has 2 saturated heterocycles. The van der Waals surface area contributed by atoms with Crippen molar-refractivity contribution in [3.63, 3.8) is 0 Å². The lowest BCUT2D eigenvalue weighted by Crippen LogP contribution is -2.65. The number of aromatic nitrogens is 4. The van der Waals surface area contributed by atoms with E-state index >= 15 is 0 Å². The number of carbonyl (C=O) groups excluding carboxylic acids is 1. The summed E-state index contributed by atoms with van der Waals surface area (Å²) < 4.78 is 14.5. The normalized spacial score (nSPS) is 20.3. The molecule has 2 atom stereocenters. The smallest absolute Gasteiger partial charge is 0.256 e. The monoisotopic (exact) mass is 448 g/mol. The molecule has 4 heterocycles. The van der Waals surface area contributed by atoms with Gasteiger partial charge in [0.1, 0.15) is 5.82 Å². The Labute approximate surface area is 188 Å². The molecule has 162 valence electrons. The molecule has 0 spiro atoms. The van der Waals surface area contributed by atoms with Crippen molar-refractivity contribution >= 4 is 32.6 Å². The van der Waals surface area contributed by atoms with Crippen molar-refractivity contribution in [2.75, 3.05) is 24.5 Å². The molecule has 0 unspecified atom stereocenters. The standard InChI is InChI=1S/C23H21FN6OS/c1-14-2-4-19(30-25-7-8-26-30)17(10-14)22(31)28-9-6-15-12-29(20(15)13-28)23-27-18-11-16(24)3-5-21(18)32-23/h2-5,7-8,10-11,15,20H,6,9,12-13H2,1H3/t15-,20-/m0/s1. The van der Waals surface area contributed by atoms with Crippen molar-refractivity contribution < 1.29 is 9.18 Å². The number of fused-ring (bicyclic) bond motifs is 2. The number of benzene rings is 2. The Morgan fingerprint density at radius 3 is 2.81 bits per heavy atom. The Balaban J connectivity index is 1.26. The molecule has 1 amide bonds. The molecule has 4 aromatic rings. The number of nitrogens with zero attached hydrogens (tertiary/aromatic N) is 6. The van der Waals surface area contributed by atoms with Crippen LogP contribution in [0.4, 0.5) is 9.52 Å². The van der Waals surface area contributed by atoms with Crippen molar-refractivity contribution in [1.29, 1.82) is 0 Å². The molecule has 32 heavy (non-hydrogen) atoms. The van der Waals surface area contributed by atoms with Gasteiger partial charge in [0.25, 0.3) is 5.91 Å². The summed E-state index contributed by atoms with van der Waals surface area (Å²) in [5.74, 6) is 0.274. The van der Waals surface area contributed by atoms with Crippen LogP contribution in [0.3, 0.4) is 0 Å². The van der Waals surface area contributed by atoms with Gasteiger partial charge in [-0.15, -0.1) is 0 Å². The Kier molecular flexibility index (Phi) is 4.46. The highest BCUT2D eigenvalue weighted by Gasteiger charge is 2.45. The molecule has 2 aliphatic heterocycles. The fraction of sp³-hybridized carbons (Fsp3) is 0.304. The van der Waals surface area contributed by atoms with Crippen molar-refractivity contribution in [2.45, 2.75) is 19.4 Å². The van der Waals surface area contributed by atoms with Gasteiger partial charge in [0, 0.05) is 31.6 Å². The van der Waals surface area contributed by atoms with Crippen LogP contribution in [-0.2, 0) is 0 Å². The van der Waals surface area contributed by atoms with Crippen molar-refractivity contribution in [2.24, 2.45) is 5.92 Å². The summed E-state index contributed by atoms with van der Waals surface area (Å²) in [6.07, 6.45) is 4.18. The first-order valence-electron chi connectivity index (χ1n) is 10.7. The number of hydrogen-bond acceptors (Lipinski definition) is 6. The van der Waals surface area contributed by atoms with Gasteiger partial charge < -0.3 is 9.80 Å². The van der Waals surface area contributed by atoms with E-state index < -0.39 is 0 Å². The van der Waals surface area contributed by atoms with E-state index in [2.05, 4.69) is 20.1 Å². The minimum Gasteiger partial charge on any atom is -0.343 e. The number of hydrogen-bond donors (Lipinski definition) is 0. The Morgan fingerprint density at radius 1 is 1.12 bits per heavy atom. The number of aryl methyl sites for hydroxylation is 1. The van der Waals surface area contributed by atoms with Crippen molar-refractivity contribution in [1.82, 2.24) is 24.9 Å². The van der Waals surface area contributed by atoms with Crippen LogP contribution in [0.1, 0.15) is 22.3 Å². The van der Waals surface area contributed by atoms with Crippen molar-refractivity contribution in [3.05, 3.63) is 65.7 Å². The summed E-state index contributed by atoms with van der Waals surface area (Å²) in [5.41, 5.74) is 3.01. The van der Waals surface area contributed by atoms with Gasteiger partial charge in [0.2, 0.25) is 0 Å². The quantitative estimate of drug-likeness (QED) is 0.478. The zero-order valence-corrected chi connectivity index (χ0v) is 18.3. The second-order valence-electron chi connectivity index (χ2n) is 8.47. The molecule has 2 aromatic heterocycles. The highest BCUT2D eigenvalue weighted by atomic mass is 32.1. The lowest BCUT2D eigenvalue weighted by Gasteiger charge is -2.53. The molecule has 2 fully saturated rings. The number of amides is 1. The van der Waals surface area contributed by atoms with E-state index in [1.807, 2.05) is 30.0 Å². The molecule has 7 nitrogen and oxygen atoms in total. The summed E-state index contributed by atoms with van der Waals surface area (Å²) in [7, 11) is 0. The summed E-state index contributed by atoms with van der Waals surface area (Å²) in [4.78, 5) is 23.9. The largest absolute Gasteiger partial charge is 0.343 e. The van der Waals surface area contributed by atoms with Crippen molar-refractivity contribution in [3.8, 4) is 5.69 Å². The van der Waals surface area contributed by atoms with Gasteiger partial charge in [-0.2, -0.15) is 15.0 Å². The lowest BCUT2D eigenvalue weighted by molar-refractivity contribution is 0.0592. The van der Waals surface area contributed by atoms with Crippen LogP contribution in [0, 0.1) is 18.7 Å². The van der Waals surface area contributed by atoms with Gasteiger partial charge in [0.05, 0.1) is 39.9 Å². The molecular weight excluding hydrogens is 427 g/mol. The summed E-state index contributed by atoms with van der Waals surface area (Å²) in [6, 6.07) is 10.7. The molecule has 0 radical (unpaired) electrons. The second kappa shape index (κ2) is 7.37. The van der Waals surface area contributed by atoms with Gasteiger partial charge in [-0.05, 0) is 37.6 Å². The summed E-state index contributed by atoms with van der Waals surface area (Å²) in [6.45, 7) is 4.29. The van der Waals surface area contributed by atoms with Crippen LogP contribution in [0.15, 0.2) is 48.8 Å². The van der Waals surface area contributed by atoms with Crippen LogP contribution in [0.2, 0.25) is 0 Å². The number of rotatable bonds is 3. The average molecular weight is 449 g/mol. The zero-order chi connectivity index (χ0) is 21.8. The maximum Gasteiger partial charge on any atom is 0.256 e. The van der Waals surface area contributed by atoms with E-state index in [1.54, 1.807) is 29.8 Å². The first-order valence-corrected chi connectivity index (χ1v) is 11.5. The number of halogens is 1. The second-order valence-corrected chi connectivity index (χ2v) is 9.48. The third-order valence-corrected chi connectivity index (χ3v) is 7.51. The number of piperidine rings is 1. The maximum absolute atomic E-state index is 13.6. The molecule has 0 saturated carbocycles. The van der Waals surface area contributed by atoms with E-state index in [-0.39, 0.29) is 17.8 Å². The molecule has 9 heteroatoms. The van der Waals surface area contributed by atoms with Crippen LogP contribution in [-0.4, -0.2) is 56.5 Å². The molecule has 2 aromatic carbocycles. The first kappa shape index (κ1) is 19.4. The topological polar surface area (TPSA) is 67.2 Å². The van der Waals surface area contributed by atoms with Crippen LogP contribution >= 0.6 is 11.3 Å². The zero-order valence-electron chi connectivity index (χ0n) is 17.5. The Morgan fingerprint density at radius 2 is 1.97 bits per heavy atom. The fourth-order valence-electron chi connectivity index (χ4n) is 4.72.